The van der Waals surface area contributed by atoms with Crippen LogP contribution < -0.4 is 10.6 Å². The summed E-state index contributed by atoms with van der Waals surface area (Å²) in [6.07, 6.45) is 0. The summed E-state index contributed by atoms with van der Waals surface area (Å²) in [5, 5.41) is 5.59. The van der Waals surface area contributed by atoms with Gasteiger partial charge in [-0.2, -0.15) is 0 Å². The molecule has 2 amide bonds. The summed E-state index contributed by atoms with van der Waals surface area (Å²) in [5.74, 6) is -0.755. The third-order valence-corrected chi connectivity index (χ3v) is 5.35. The summed E-state index contributed by atoms with van der Waals surface area (Å²) in [7, 11) is 0. The molecule has 3 aromatic rings. The first-order valence-electron chi connectivity index (χ1n) is 9.08. The molecule has 0 aromatic heterocycles. The van der Waals surface area contributed by atoms with E-state index in [9.17, 15) is 14.0 Å². The lowest BCUT2D eigenvalue weighted by Crippen LogP contribution is -2.16. The summed E-state index contributed by atoms with van der Waals surface area (Å²) in [6, 6.07) is 18.8. The van der Waals surface area contributed by atoms with Crippen molar-refractivity contribution in [2.24, 2.45) is 0 Å². The van der Waals surface area contributed by atoms with Gasteiger partial charge in [-0.1, -0.05) is 35.9 Å². The van der Waals surface area contributed by atoms with Crippen LogP contribution in [-0.2, 0) is 4.79 Å². The summed E-state index contributed by atoms with van der Waals surface area (Å²) in [5.41, 5.74) is 3.47. The Labute approximate surface area is 173 Å². The van der Waals surface area contributed by atoms with E-state index in [1.54, 1.807) is 31.2 Å². The predicted octanol–water partition coefficient (Wildman–Crippen LogP) is 5.43. The van der Waals surface area contributed by atoms with Crippen LogP contribution in [0.5, 0.6) is 0 Å². The van der Waals surface area contributed by atoms with Gasteiger partial charge in [-0.25, -0.2) is 4.39 Å². The fourth-order valence-corrected chi connectivity index (χ4v) is 3.53. The van der Waals surface area contributed by atoms with Crippen molar-refractivity contribution >= 4 is 35.0 Å². The maximum atomic E-state index is 13.5. The van der Waals surface area contributed by atoms with E-state index in [0.717, 1.165) is 16.8 Å². The smallest absolute Gasteiger partial charge is 0.256 e. The minimum absolute atomic E-state index is 0.157. The molecule has 0 aliphatic heterocycles. The van der Waals surface area contributed by atoms with Gasteiger partial charge in [0.15, 0.2) is 0 Å². The van der Waals surface area contributed by atoms with Gasteiger partial charge in [-0.3, -0.25) is 9.59 Å². The Morgan fingerprint density at radius 1 is 0.931 bits per heavy atom. The third kappa shape index (κ3) is 5.68. The molecule has 0 spiro atoms. The molecule has 0 saturated heterocycles. The highest BCUT2D eigenvalue weighted by Crippen LogP contribution is 2.25. The number of halogens is 1. The van der Waals surface area contributed by atoms with Gasteiger partial charge >= 0.3 is 0 Å². The maximum absolute atomic E-state index is 13.5. The van der Waals surface area contributed by atoms with Crippen molar-refractivity contribution < 1.29 is 14.0 Å². The Morgan fingerprint density at radius 3 is 2.41 bits per heavy atom. The van der Waals surface area contributed by atoms with E-state index in [0.29, 0.717) is 16.1 Å². The minimum Gasteiger partial charge on any atom is -0.325 e. The van der Waals surface area contributed by atoms with Crippen LogP contribution in [0.3, 0.4) is 0 Å². The van der Waals surface area contributed by atoms with Crippen LogP contribution in [0, 0.1) is 19.7 Å². The molecule has 0 fully saturated rings. The van der Waals surface area contributed by atoms with Gasteiger partial charge in [0.2, 0.25) is 5.91 Å². The lowest BCUT2D eigenvalue weighted by molar-refractivity contribution is -0.113. The Bertz CT molecular complexity index is 1040. The molecule has 0 unspecified atom stereocenters. The minimum atomic E-state index is -0.415. The quantitative estimate of drug-likeness (QED) is 0.535. The van der Waals surface area contributed by atoms with Gasteiger partial charge in [0.05, 0.1) is 11.3 Å². The average molecular weight is 408 g/mol. The molecular formula is C23H21FN2O2S. The zero-order valence-electron chi connectivity index (χ0n) is 16.2. The second-order valence-electron chi connectivity index (χ2n) is 6.61. The Morgan fingerprint density at radius 2 is 1.66 bits per heavy atom. The third-order valence-electron chi connectivity index (χ3n) is 4.27. The van der Waals surface area contributed by atoms with Crippen molar-refractivity contribution in [1.82, 2.24) is 0 Å². The van der Waals surface area contributed by atoms with Crippen molar-refractivity contribution in [3.05, 3.63) is 89.2 Å². The number of nitrogens with one attached hydrogen (secondary N) is 2. The van der Waals surface area contributed by atoms with Crippen LogP contribution in [0.2, 0.25) is 0 Å². The van der Waals surface area contributed by atoms with Crippen LogP contribution in [0.1, 0.15) is 21.5 Å². The zero-order valence-corrected chi connectivity index (χ0v) is 17.0. The predicted molar refractivity (Wildman–Crippen MR) is 116 cm³/mol. The molecule has 148 valence electrons. The second-order valence-corrected chi connectivity index (χ2v) is 7.63. The van der Waals surface area contributed by atoms with Crippen molar-refractivity contribution in [3.63, 3.8) is 0 Å². The van der Waals surface area contributed by atoms with Gasteiger partial charge in [-0.05, 0) is 55.8 Å². The van der Waals surface area contributed by atoms with Crippen molar-refractivity contribution in [2.75, 3.05) is 16.4 Å². The van der Waals surface area contributed by atoms with Gasteiger partial charge in [0.1, 0.15) is 5.82 Å². The molecule has 6 heteroatoms. The maximum Gasteiger partial charge on any atom is 0.256 e. The van der Waals surface area contributed by atoms with Crippen LogP contribution in [0.25, 0.3) is 0 Å². The largest absolute Gasteiger partial charge is 0.325 e. The Kier molecular flexibility index (Phi) is 6.67. The SMILES string of the molecule is Cc1ccc(NC(=O)CSc2ccccc2C(=O)Nc2cc(F)ccc2C)cc1. The molecular weight excluding hydrogens is 387 g/mol. The van der Waals surface area contributed by atoms with Crippen molar-refractivity contribution in [3.8, 4) is 0 Å². The van der Waals surface area contributed by atoms with Crippen LogP contribution >= 0.6 is 11.8 Å². The van der Waals surface area contributed by atoms with E-state index in [1.807, 2.05) is 37.3 Å². The number of rotatable bonds is 6. The molecule has 3 aromatic carbocycles. The fraction of sp³-hybridized carbons (Fsp3) is 0.130. The van der Waals surface area contributed by atoms with Gasteiger partial charge in [-0.15, -0.1) is 11.8 Å². The van der Waals surface area contributed by atoms with E-state index in [1.165, 1.54) is 23.9 Å². The first-order valence-corrected chi connectivity index (χ1v) is 10.1. The number of anilines is 2. The number of amides is 2. The van der Waals surface area contributed by atoms with Crippen molar-refractivity contribution in [1.29, 1.82) is 0 Å². The van der Waals surface area contributed by atoms with Crippen LogP contribution in [-0.4, -0.2) is 17.6 Å². The van der Waals surface area contributed by atoms with E-state index in [4.69, 9.17) is 0 Å². The molecule has 0 bridgehead atoms. The van der Waals surface area contributed by atoms with Crippen LogP contribution in [0.15, 0.2) is 71.6 Å². The number of carbonyl (C=O) groups is 2. The second kappa shape index (κ2) is 9.39. The van der Waals surface area contributed by atoms with Crippen LogP contribution in [0.4, 0.5) is 15.8 Å². The highest BCUT2D eigenvalue weighted by molar-refractivity contribution is 8.00. The molecule has 0 aliphatic rings. The number of hydrogen-bond acceptors (Lipinski definition) is 3. The fourth-order valence-electron chi connectivity index (χ4n) is 2.68. The van der Waals surface area contributed by atoms with E-state index in [2.05, 4.69) is 10.6 Å². The molecule has 0 saturated carbocycles. The summed E-state index contributed by atoms with van der Waals surface area (Å²) >= 11 is 1.28. The molecule has 3 rings (SSSR count). The monoisotopic (exact) mass is 408 g/mol. The normalized spacial score (nSPS) is 10.4. The van der Waals surface area contributed by atoms with Gasteiger partial charge in [0, 0.05) is 16.3 Å². The standard InChI is InChI=1S/C23H21FN2O2S/c1-15-7-11-18(12-8-15)25-22(27)14-29-21-6-4-3-5-19(21)23(28)26-20-13-17(24)10-9-16(20)2/h3-13H,14H2,1-2H3,(H,25,27)(H,26,28). The highest BCUT2D eigenvalue weighted by Gasteiger charge is 2.14. The summed E-state index contributed by atoms with van der Waals surface area (Å²) in [4.78, 5) is 25.6. The average Bonchev–Trinajstić information content (AvgIpc) is 2.71. The number of benzene rings is 3. The first-order chi connectivity index (χ1) is 13.9. The molecule has 2 N–H and O–H groups in total. The molecule has 0 heterocycles. The molecule has 0 radical (unpaired) electrons. The lowest BCUT2D eigenvalue weighted by Gasteiger charge is -2.12. The Hall–Kier alpha value is -3.12. The number of aryl methyl sites for hydroxylation is 2. The highest BCUT2D eigenvalue weighted by atomic mass is 32.2. The zero-order chi connectivity index (χ0) is 20.8. The first kappa shape index (κ1) is 20.6. The number of hydrogen-bond donors (Lipinski definition) is 2. The molecule has 29 heavy (non-hydrogen) atoms. The van der Waals surface area contributed by atoms with E-state index in [-0.39, 0.29) is 17.6 Å². The molecule has 4 nitrogen and oxygen atoms in total. The molecule has 0 atom stereocenters. The van der Waals surface area contributed by atoms with E-state index >= 15 is 0 Å². The van der Waals surface area contributed by atoms with Gasteiger partial charge < -0.3 is 10.6 Å². The van der Waals surface area contributed by atoms with Crippen molar-refractivity contribution in [2.45, 2.75) is 18.7 Å². The summed E-state index contributed by atoms with van der Waals surface area (Å²) in [6.45, 7) is 3.78. The lowest BCUT2D eigenvalue weighted by atomic mass is 10.1. The Balaban J connectivity index is 1.66. The number of thioether (sulfide) groups is 1. The number of carbonyl (C=O) groups excluding carboxylic acids is 2. The topological polar surface area (TPSA) is 58.2 Å². The van der Waals surface area contributed by atoms with E-state index < -0.39 is 5.82 Å². The summed E-state index contributed by atoms with van der Waals surface area (Å²) < 4.78 is 13.5. The van der Waals surface area contributed by atoms with Gasteiger partial charge in [0.25, 0.3) is 5.91 Å². The molecule has 0 aliphatic carbocycles.